The van der Waals surface area contributed by atoms with Crippen LogP contribution in [-0.4, -0.2) is 11.0 Å². The molecule has 5 heteroatoms. The fourth-order valence-electron chi connectivity index (χ4n) is 2.41. The van der Waals surface area contributed by atoms with E-state index >= 15 is 0 Å². The number of hydrogen-bond donors (Lipinski definition) is 3. The number of aryl methyl sites for hydroxylation is 1. The van der Waals surface area contributed by atoms with Gasteiger partial charge in [0, 0.05) is 0 Å². The Balaban J connectivity index is 1.86. The summed E-state index contributed by atoms with van der Waals surface area (Å²) in [5.41, 5.74) is 6.13. The first-order chi connectivity index (χ1) is 11.6. The molecule has 3 N–H and O–H groups in total. The Kier molecular flexibility index (Phi) is 4.64. The van der Waals surface area contributed by atoms with Crippen molar-refractivity contribution >= 4 is 22.9 Å². The van der Waals surface area contributed by atoms with Crippen LogP contribution in [0.3, 0.4) is 0 Å². The van der Waals surface area contributed by atoms with Gasteiger partial charge in [-0.25, -0.2) is 0 Å². The van der Waals surface area contributed by atoms with Crippen molar-refractivity contribution in [1.29, 1.82) is 0 Å². The summed E-state index contributed by atoms with van der Waals surface area (Å²) in [4.78, 5) is 13.4. The first kappa shape index (κ1) is 16.2. The van der Waals surface area contributed by atoms with Crippen molar-refractivity contribution in [2.45, 2.75) is 12.5 Å². The largest absolute Gasteiger partial charge is 0.371 e. The van der Waals surface area contributed by atoms with Crippen molar-refractivity contribution in [3.05, 3.63) is 88.1 Å². The molecule has 4 nitrogen and oxygen atoms in total. The van der Waals surface area contributed by atoms with Gasteiger partial charge in [-0.1, -0.05) is 54.1 Å². The van der Waals surface area contributed by atoms with Crippen LogP contribution in [0.1, 0.15) is 16.0 Å². The van der Waals surface area contributed by atoms with E-state index in [1.54, 1.807) is 30.3 Å². The highest BCUT2D eigenvalue weighted by atomic mass is 32.1. The Hall–Kier alpha value is -2.63. The Morgan fingerprint density at radius 3 is 2.33 bits per heavy atom. The number of hydrazine groups is 1. The monoisotopic (exact) mass is 338 g/mol. The van der Waals surface area contributed by atoms with E-state index in [-0.39, 0.29) is 0 Å². The molecule has 1 unspecified atom stereocenters. The molecule has 1 heterocycles. The molecule has 0 radical (unpaired) electrons. The third-order valence-corrected chi connectivity index (χ3v) is 4.75. The first-order valence-corrected chi connectivity index (χ1v) is 8.43. The van der Waals surface area contributed by atoms with Gasteiger partial charge in [-0.15, -0.1) is 11.3 Å². The average molecular weight is 338 g/mol. The molecule has 3 rings (SSSR count). The fourth-order valence-corrected chi connectivity index (χ4v) is 3.25. The number of thiophene rings is 1. The summed E-state index contributed by atoms with van der Waals surface area (Å²) >= 11 is 1.34. The minimum atomic E-state index is -1.74. The Bertz CT molecular complexity index is 801. The molecule has 1 aromatic heterocycles. The second-order valence-corrected chi connectivity index (χ2v) is 6.45. The van der Waals surface area contributed by atoms with Crippen LogP contribution < -0.4 is 10.9 Å². The molecule has 3 aromatic rings. The third-order valence-electron chi connectivity index (χ3n) is 3.77. The van der Waals surface area contributed by atoms with Gasteiger partial charge in [0.15, 0.2) is 0 Å². The smallest absolute Gasteiger partial charge is 0.280 e. The molecule has 0 aliphatic carbocycles. The van der Waals surface area contributed by atoms with Crippen molar-refractivity contribution in [3.63, 3.8) is 0 Å². The Morgan fingerprint density at radius 1 is 1.00 bits per heavy atom. The summed E-state index contributed by atoms with van der Waals surface area (Å²) < 4.78 is 0. The molecule has 0 aliphatic heterocycles. The Morgan fingerprint density at radius 2 is 1.71 bits per heavy atom. The van der Waals surface area contributed by atoms with E-state index in [0.717, 1.165) is 11.3 Å². The number of nitrogens with one attached hydrogen (secondary N) is 2. The maximum absolute atomic E-state index is 12.8. The van der Waals surface area contributed by atoms with Crippen LogP contribution in [0.25, 0.3) is 0 Å². The summed E-state index contributed by atoms with van der Waals surface area (Å²) in [6, 6.07) is 20.1. The van der Waals surface area contributed by atoms with Gasteiger partial charge in [0.25, 0.3) is 5.91 Å². The van der Waals surface area contributed by atoms with Gasteiger partial charge < -0.3 is 5.11 Å². The van der Waals surface area contributed by atoms with Crippen LogP contribution in [0.2, 0.25) is 0 Å². The average Bonchev–Trinajstić information content (AvgIpc) is 3.16. The SMILES string of the molecule is Cc1ccc(NNC(=O)C(O)(c2ccccc2)c2cccs2)cc1. The third kappa shape index (κ3) is 3.18. The molecule has 0 saturated carbocycles. The van der Waals surface area contributed by atoms with Crippen LogP contribution in [0, 0.1) is 6.92 Å². The number of carbonyl (C=O) groups is 1. The molecular weight excluding hydrogens is 320 g/mol. The number of hydrogen-bond acceptors (Lipinski definition) is 4. The molecular formula is C19H18N2O2S. The number of benzene rings is 2. The molecule has 122 valence electrons. The fraction of sp³-hybridized carbons (Fsp3) is 0.105. The van der Waals surface area contributed by atoms with Crippen LogP contribution in [0.15, 0.2) is 72.1 Å². The van der Waals surface area contributed by atoms with E-state index in [4.69, 9.17) is 0 Å². The molecule has 0 aliphatic rings. The van der Waals surface area contributed by atoms with Crippen LogP contribution in [-0.2, 0) is 10.4 Å². The molecule has 2 aromatic carbocycles. The summed E-state index contributed by atoms with van der Waals surface area (Å²) in [5, 5.41) is 13.0. The molecule has 24 heavy (non-hydrogen) atoms. The first-order valence-electron chi connectivity index (χ1n) is 7.55. The van der Waals surface area contributed by atoms with E-state index in [9.17, 15) is 9.90 Å². The van der Waals surface area contributed by atoms with Crippen LogP contribution >= 0.6 is 11.3 Å². The lowest BCUT2D eigenvalue weighted by Gasteiger charge is -2.26. The topological polar surface area (TPSA) is 61.4 Å². The summed E-state index contributed by atoms with van der Waals surface area (Å²) in [6.45, 7) is 1.99. The lowest BCUT2D eigenvalue weighted by atomic mass is 9.91. The highest BCUT2D eigenvalue weighted by Crippen LogP contribution is 2.33. The lowest BCUT2D eigenvalue weighted by molar-refractivity contribution is -0.135. The molecule has 0 spiro atoms. The van der Waals surface area contributed by atoms with Gasteiger partial charge in [0.2, 0.25) is 5.60 Å². The maximum atomic E-state index is 12.8. The zero-order chi connectivity index (χ0) is 17.0. The van der Waals surface area contributed by atoms with Crippen molar-refractivity contribution in [1.82, 2.24) is 5.43 Å². The summed E-state index contributed by atoms with van der Waals surface area (Å²) in [6.07, 6.45) is 0. The van der Waals surface area contributed by atoms with Crippen molar-refractivity contribution in [2.24, 2.45) is 0 Å². The molecule has 0 bridgehead atoms. The van der Waals surface area contributed by atoms with Gasteiger partial charge in [-0.2, -0.15) is 0 Å². The lowest BCUT2D eigenvalue weighted by Crippen LogP contribution is -2.47. The molecule has 0 saturated heterocycles. The number of anilines is 1. The molecule has 1 atom stereocenters. The highest BCUT2D eigenvalue weighted by Gasteiger charge is 2.41. The summed E-state index contributed by atoms with van der Waals surface area (Å²) in [5.74, 6) is -0.531. The predicted octanol–water partition coefficient (Wildman–Crippen LogP) is 3.44. The second kappa shape index (κ2) is 6.86. The number of aliphatic hydroxyl groups is 1. The number of carbonyl (C=O) groups excluding carboxylic acids is 1. The quantitative estimate of drug-likeness (QED) is 0.625. The van der Waals surface area contributed by atoms with Gasteiger partial charge in [0.1, 0.15) is 0 Å². The molecule has 1 amide bonds. The minimum absolute atomic E-state index is 0.524. The predicted molar refractivity (Wildman–Crippen MR) is 96.7 cm³/mol. The second-order valence-electron chi connectivity index (χ2n) is 5.50. The summed E-state index contributed by atoms with van der Waals surface area (Å²) in [7, 11) is 0. The van der Waals surface area contributed by atoms with Gasteiger partial charge in [0.05, 0.1) is 10.6 Å². The van der Waals surface area contributed by atoms with Gasteiger partial charge in [-0.3, -0.25) is 15.6 Å². The minimum Gasteiger partial charge on any atom is -0.371 e. The van der Waals surface area contributed by atoms with E-state index in [1.165, 1.54) is 11.3 Å². The highest BCUT2D eigenvalue weighted by molar-refractivity contribution is 7.10. The zero-order valence-electron chi connectivity index (χ0n) is 13.2. The van der Waals surface area contributed by atoms with Crippen LogP contribution in [0.4, 0.5) is 5.69 Å². The standard InChI is InChI=1S/C19H18N2O2S/c1-14-9-11-16(12-10-14)20-21-18(22)19(23,17-8-5-13-24-17)15-6-3-2-4-7-15/h2-13,20,23H,1H3,(H,21,22). The zero-order valence-corrected chi connectivity index (χ0v) is 14.0. The van der Waals surface area contributed by atoms with E-state index < -0.39 is 11.5 Å². The Labute approximate surface area is 144 Å². The number of rotatable bonds is 5. The van der Waals surface area contributed by atoms with Crippen molar-refractivity contribution in [3.8, 4) is 0 Å². The van der Waals surface area contributed by atoms with E-state index in [2.05, 4.69) is 10.9 Å². The van der Waals surface area contributed by atoms with Crippen molar-refractivity contribution in [2.75, 3.05) is 5.43 Å². The van der Waals surface area contributed by atoms with E-state index in [1.807, 2.05) is 48.7 Å². The normalized spacial score (nSPS) is 13.1. The molecule has 0 fully saturated rings. The van der Waals surface area contributed by atoms with E-state index in [0.29, 0.717) is 10.4 Å². The van der Waals surface area contributed by atoms with Crippen LogP contribution in [0.5, 0.6) is 0 Å². The van der Waals surface area contributed by atoms with Crippen molar-refractivity contribution < 1.29 is 9.90 Å². The van der Waals surface area contributed by atoms with Gasteiger partial charge >= 0.3 is 0 Å². The maximum Gasteiger partial charge on any atom is 0.280 e. The van der Waals surface area contributed by atoms with Gasteiger partial charge in [-0.05, 0) is 36.1 Å². The number of amides is 1.